The number of rotatable bonds is 12. The van der Waals surface area contributed by atoms with Crippen molar-refractivity contribution in [1.29, 1.82) is 0 Å². The first-order chi connectivity index (χ1) is 18.9. The van der Waals surface area contributed by atoms with Crippen LogP contribution in [0.5, 0.6) is 0 Å². The maximum absolute atomic E-state index is 13.3. The maximum Gasteiger partial charge on any atom is 0.304 e. The molecule has 3 atom stereocenters. The van der Waals surface area contributed by atoms with Gasteiger partial charge in [-0.2, -0.15) is 0 Å². The summed E-state index contributed by atoms with van der Waals surface area (Å²) in [7, 11) is -1.13. The molecule has 3 N–H and O–H groups in total. The van der Waals surface area contributed by atoms with Gasteiger partial charge in [-0.1, -0.05) is 75.4 Å². The van der Waals surface area contributed by atoms with Crippen molar-refractivity contribution in [2.45, 2.75) is 57.4 Å². The number of amides is 2. The number of aliphatic carboxylic acids is 1. The largest absolute Gasteiger partial charge is 0.481 e. The molecular weight excluding hydrogens is 524 g/mol. The topological polar surface area (TPSA) is 113 Å². The molecule has 0 spiro atoms. The van der Waals surface area contributed by atoms with Crippen molar-refractivity contribution < 1.29 is 23.7 Å². The zero-order chi connectivity index (χ0) is 29.3. The van der Waals surface area contributed by atoms with E-state index in [-0.39, 0.29) is 6.42 Å². The van der Waals surface area contributed by atoms with Crippen LogP contribution in [0, 0.1) is 11.3 Å². The lowest BCUT2D eigenvalue weighted by Gasteiger charge is -2.31. The number of hydrogen-bond donors (Lipinski definition) is 3. The smallest absolute Gasteiger partial charge is 0.304 e. The maximum atomic E-state index is 13.3. The molecule has 3 unspecified atom stereocenters. The summed E-state index contributed by atoms with van der Waals surface area (Å²) >= 11 is 0. The molecule has 0 aliphatic carbocycles. The van der Waals surface area contributed by atoms with Gasteiger partial charge in [-0.3, -0.25) is 18.6 Å². The number of anilines is 1. The van der Waals surface area contributed by atoms with Crippen LogP contribution in [-0.4, -0.2) is 39.4 Å². The fourth-order valence-corrected chi connectivity index (χ4v) is 4.98. The van der Waals surface area contributed by atoms with Gasteiger partial charge in [0.15, 0.2) is 0 Å². The molecule has 40 heavy (non-hydrogen) atoms. The third-order valence-electron chi connectivity index (χ3n) is 6.74. The second-order valence-electron chi connectivity index (χ2n) is 11.0. The zero-order valence-electron chi connectivity index (χ0n) is 23.5. The second-order valence-corrected chi connectivity index (χ2v) is 12.4. The van der Waals surface area contributed by atoms with Crippen LogP contribution >= 0.6 is 0 Å². The summed E-state index contributed by atoms with van der Waals surface area (Å²) in [5.41, 5.74) is 3.26. The highest BCUT2D eigenvalue weighted by atomic mass is 32.2. The van der Waals surface area contributed by atoms with E-state index in [4.69, 9.17) is 0 Å². The van der Waals surface area contributed by atoms with Gasteiger partial charge in [-0.05, 0) is 65.6 Å². The lowest BCUT2D eigenvalue weighted by Crippen LogP contribution is -2.53. The SMILES string of the molecule is CS(=O)c1ccc(NC(=O)C(NC(=O)C(CCCc2ccc(-c3ccccc3)cc2)CC(=O)O)C(C)(C)C)cc1. The van der Waals surface area contributed by atoms with E-state index in [2.05, 4.69) is 47.0 Å². The molecule has 0 radical (unpaired) electrons. The van der Waals surface area contributed by atoms with Gasteiger partial charge in [-0.25, -0.2) is 0 Å². The number of carbonyl (C=O) groups excluding carboxylic acids is 2. The molecule has 7 nitrogen and oxygen atoms in total. The van der Waals surface area contributed by atoms with Crippen LogP contribution in [-0.2, 0) is 31.6 Å². The van der Waals surface area contributed by atoms with Crippen molar-refractivity contribution in [1.82, 2.24) is 5.32 Å². The van der Waals surface area contributed by atoms with Crippen LogP contribution in [0.15, 0.2) is 83.8 Å². The first-order valence-electron chi connectivity index (χ1n) is 13.3. The Balaban J connectivity index is 1.63. The summed E-state index contributed by atoms with van der Waals surface area (Å²) in [6, 6.07) is 24.1. The standard InChI is InChI=1S/C32H38N2O5S/c1-32(2,3)29(31(38)33-26-17-19-27(20-18-26)40(4)39)34-30(37)25(21-28(35)36)12-8-9-22-13-15-24(16-14-22)23-10-6-5-7-11-23/h5-7,10-11,13-20,25,29H,8-9,12,21H2,1-4H3,(H,33,38)(H,34,37)(H,35,36). The van der Waals surface area contributed by atoms with E-state index in [0.717, 1.165) is 16.7 Å². The molecule has 212 valence electrons. The summed E-state index contributed by atoms with van der Waals surface area (Å²) in [5.74, 6) is -2.68. The minimum atomic E-state index is -1.13. The molecule has 8 heteroatoms. The van der Waals surface area contributed by atoms with Crippen molar-refractivity contribution in [2.24, 2.45) is 11.3 Å². The average molecular weight is 563 g/mol. The molecule has 3 aromatic rings. The van der Waals surface area contributed by atoms with Crippen molar-refractivity contribution in [2.75, 3.05) is 11.6 Å². The summed E-state index contributed by atoms with van der Waals surface area (Å²) < 4.78 is 11.6. The van der Waals surface area contributed by atoms with Gasteiger partial charge >= 0.3 is 5.97 Å². The third-order valence-corrected chi connectivity index (χ3v) is 7.68. The minimum Gasteiger partial charge on any atom is -0.481 e. The number of carbonyl (C=O) groups is 3. The molecule has 0 bridgehead atoms. The van der Waals surface area contributed by atoms with Crippen molar-refractivity contribution in [3.63, 3.8) is 0 Å². The van der Waals surface area contributed by atoms with Crippen molar-refractivity contribution in [3.05, 3.63) is 84.4 Å². The van der Waals surface area contributed by atoms with Crippen LogP contribution in [0.4, 0.5) is 5.69 Å². The molecular formula is C32H38N2O5S. The first kappa shape index (κ1) is 30.8. The Hall–Kier alpha value is -3.78. The Bertz CT molecular complexity index is 1320. The van der Waals surface area contributed by atoms with E-state index < -0.39 is 46.0 Å². The van der Waals surface area contributed by atoms with E-state index in [9.17, 15) is 23.7 Å². The number of aryl methyl sites for hydroxylation is 1. The van der Waals surface area contributed by atoms with Crippen LogP contribution < -0.4 is 10.6 Å². The van der Waals surface area contributed by atoms with Gasteiger partial charge in [0, 0.05) is 33.6 Å². The highest BCUT2D eigenvalue weighted by Gasteiger charge is 2.35. The highest BCUT2D eigenvalue weighted by molar-refractivity contribution is 7.84. The molecule has 3 aromatic carbocycles. The van der Waals surface area contributed by atoms with Crippen molar-refractivity contribution in [3.8, 4) is 11.1 Å². The normalized spacial score (nSPS) is 13.6. The van der Waals surface area contributed by atoms with Crippen LogP contribution in [0.25, 0.3) is 11.1 Å². The third kappa shape index (κ3) is 9.16. The monoisotopic (exact) mass is 562 g/mol. The van der Waals surface area contributed by atoms with Crippen molar-refractivity contribution >= 4 is 34.3 Å². The fraction of sp³-hybridized carbons (Fsp3) is 0.344. The Labute approximate surface area is 238 Å². The molecule has 0 saturated heterocycles. The number of carboxylic acid groups (broad SMARTS) is 1. The molecule has 0 aliphatic rings. The molecule has 0 fully saturated rings. The Morgan fingerprint density at radius 3 is 2.00 bits per heavy atom. The Morgan fingerprint density at radius 1 is 0.850 bits per heavy atom. The summed E-state index contributed by atoms with van der Waals surface area (Å²) in [6.07, 6.45) is 2.99. The zero-order valence-corrected chi connectivity index (χ0v) is 24.3. The van der Waals surface area contributed by atoms with Crippen LogP contribution in [0.1, 0.15) is 45.6 Å². The summed E-state index contributed by atoms with van der Waals surface area (Å²) in [4.78, 5) is 38.7. The van der Waals surface area contributed by atoms with Crippen LogP contribution in [0.3, 0.4) is 0 Å². The molecule has 0 heterocycles. The molecule has 3 rings (SSSR count). The van der Waals surface area contributed by atoms with E-state index in [1.165, 1.54) is 0 Å². The number of carboxylic acids is 1. The number of benzene rings is 3. The van der Waals surface area contributed by atoms with Gasteiger partial charge in [0.1, 0.15) is 6.04 Å². The van der Waals surface area contributed by atoms with E-state index >= 15 is 0 Å². The van der Waals surface area contributed by atoms with Gasteiger partial charge in [-0.15, -0.1) is 0 Å². The van der Waals surface area contributed by atoms with Gasteiger partial charge in [0.05, 0.1) is 6.42 Å². The lowest BCUT2D eigenvalue weighted by molar-refractivity contribution is -0.141. The molecule has 0 aromatic heterocycles. The fourth-order valence-electron chi connectivity index (χ4n) is 4.46. The lowest BCUT2D eigenvalue weighted by atomic mass is 9.85. The second kappa shape index (κ2) is 14.0. The first-order valence-corrected chi connectivity index (χ1v) is 14.9. The predicted molar refractivity (Wildman–Crippen MR) is 159 cm³/mol. The van der Waals surface area contributed by atoms with E-state index in [1.807, 2.05) is 39.0 Å². The molecule has 0 aliphatic heterocycles. The summed E-state index contributed by atoms with van der Waals surface area (Å²) in [6.45, 7) is 5.52. The van der Waals surface area contributed by atoms with Gasteiger partial charge < -0.3 is 15.7 Å². The minimum absolute atomic E-state index is 0.313. The van der Waals surface area contributed by atoms with E-state index in [1.54, 1.807) is 30.5 Å². The summed E-state index contributed by atoms with van der Waals surface area (Å²) in [5, 5.41) is 15.1. The molecule has 0 saturated carbocycles. The van der Waals surface area contributed by atoms with Crippen LogP contribution in [0.2, 0.25) is 0 Å². The number of hydrogen-bond acceptors (Lipinski definition) is 4. The van der Waals surface area contributed by atoms with Gasteiger partial charge in [0.25, 0.3) is 0 Å². The average Bonchev–Trinajstić information content (AvgIpc) is 2.91. The van der Waals surface area contributed by atoms with E-state index in [0.29, 0.717) is 29.8 Å². The Kier molecular flexibility index (Phi) is 10.8. The molecule has 2 amide bonds. The number of nitrogens with one attached hydrogen (secondary N) is 2. The Morgan fingerprint density at radius 2 is 1.45 bits per heavy atom. The van der Waals surface area contributed by atoms with Gasteiger partial charge in [0.2, 0.25) is 11.8 Å². The predicted octanol–water partition coefficient (Wildman–Crippen LogP) is 5.67. The quantitative estimate of drug-likeness (QED) is 0.263. The highest BCUT2D eigenvalue weighted by Crippen LogP contribution is 2.24.